The van der Waals surface area contributed by atoms with Gasteiger partial charge in [-0.3, -0.25) is 4.79 Å². The van der Waals surface area contributed by atoms with Gasteiger partial charge in [0.25, 0.3) is 0 Å². The summed E-state index contributed by atoms with van der Waals surface area (Å²) in [5.41, 5.74) is 0. The first-order valence-electron chi connectivity index (χ1n) is 27.6. The fourth-order valence-electron chi connectivity index (χ4n) is 7.88. The van der Waals surface area contributed by atoms with E-state index in [1.54, 1.807) is 0 Å². The van der Waals surface area contributed by atoms with E-state index in [1.165, 1.54) is 128 Å². The highest BCUT2D eigenvalue weighted by Crippen LogP contribution is 2.16. The Bertz CT molecular complexity index is 1250. The maximum Gasteiger partial charge on any atom is 0.220 e. The van der Waals surface area contributed by atoms with Crippen LogP contribution in [0, 0.1) is 0 Å². The SMILES string of the molecule is CC/C=C\C/C=C\C/C=C\C/C=C\C/C=C\C/C=C\C/C=C\C/C=C\C/C=C\CCCCCCCCCC(=O)NC(CO)C(O)CCCCCCCCCCCCCCCCCCCC. The smallest absolute Gasteiger partial charge is 0.220 e. The van der Waals surface area contributed by atoms with E-state index in [-0.39, 0.29) is 12.5 Å². The number of aliphatic hydroxyl groups excluding tert-OH is 2. The van der Waals surface area contributed by atoms with E-state index in [4.69, 9.17) is 0 Å². The lowest BCUT2D eigenvalue weighted by atomic mass is 10.0. The van der Waals surface area contributed by atoms with Crippen molar-refractivity contribution >= 4 is 5.91 Å². The molecule has 1 amide bonds. The monoisotopic (exact) mass is 900 g/mol. The number of rotatable bonds is 49. The van der Waals surface area contributed by atoms with Crippen LogP contribution < -0.4 is 5.32 Å². The third kappa shape index (κ3) is 51.9. The molecule has 0 heterocycles. The highest BCUT2D eigenvalue weighted by atomic mass is 16.3. The number of amides is 1. The van der Waals surface area contributed by atoms with Gasteiger partial charge in [-0.1, -0.05) is 271 Å². The van der Waals surface area contributed by atoms with Crippen molar-refractivity contribution in [1.29, 1.82) is 0 Å². The molecule has 0 aliphatic heterocycles. The lowest BCUT2D eigenvalue weighted by Gasteiger charge is -2.22. The average molecular weight is 901 g/mol. The van der Waals surface area contributed by atoms with Crippen LogP contribution in [-0.4, -0.2) is 34.9 Å². The number of nitrogens with one attached hydrogen (secondary N) is 1. The van der Waals surface area contributed by atoms with Gasteiger partial charge in [-0.15, -0.1) is 0 Å². The number of aliphatic hydroxyl groups is 2. The van der Waals surface area contributed by atoms with E-state index in [2.05, 4.69) is 129 Å². The van der Waals surface area contributed by atoms with Crippen LogP contribution in [0.2, 0.25) is 0 Å². The van der Waals surface area contributed by atoms with Crippen molar-refractivity contribution in [2.24, 2.45) is 0 Å². The summed E-state index contributed by atoms with van der Waals surface area (Å²) in [6.07, 6.45) is 83.4. The van der Waals surface area contributed by atoms with Crippen LogP contribution in [-0.2, 0) is 4.79 Å². The minimum absolute atomic E-state index is 0.0455. The van der Waals surface area contributed by atoms with Crippen LogP contribution in [0.25, 0.3) is 0 Å². The Morgan fingerprint density at radius 1 is 0.385 bits per heavy atom. The summed E-state index contributed by atoms with van der Waals surface area (Å²) in [4.78, 5) is 12.5. The van der Waals surface area contributed by atoms with Crippen molar-refractivity contribution in [3.05, 3.63) is 109 Å². The topological polar surface area (TPSA) is 69.6 Å². The van der Waals surface area contributed by atoms with Gasteiger partial charge >= 0.3 is 0 Å². The summed E-state index contributed by atoms with van der Waals surface area (Å²) in [6.45, 7) is 4.25. The van der Waals surface area contributed by atoms with Crippen molar-refractivity contribution in [2.75, 3.05) is 6.61 Å². The van der Waals surface area contributed by atoms with E-state index in [0.29, 0.717) is 12.8 Å². The molecule has 0 rings (SSSR count). The first kappa shape index (κ1) is 62.1. The molecule has 65 heavy (non-hydrogen) atoms. The molecule has 0 fully saturated rings. The molecule has 0 aromatic rings. The predicted molar refractivity (Wildman–Crippen MR) is 289 cm³/mol. The maximum atomic E-state index is 12.5. The molecule has 0 saturated heterocycles. The van der Waals surface area contributed by atoms with Crippen LogP contribution in [0.3, 0.4) is 0 Å². The second kappa shape index (κ2) is 55.4. The molecule has 0 spiro atoms. The van der Waals surface area contributed by atoms with Gasteiger partial charge in [-0.05, 0) is 83.5 Å². The fraction of sp³-hybridized carbons (Fsp3) is 0.689. The zero-order valence-electron chi connectivity index (χ0n) is 42.7. The van der Waals surface area contributed by atoms with Crippen LogP contribution in [0.4, 0.5) is 0 Å². The van der Waals surface area contributed by atoms with Crippen LogP contribution in [0.5, 0.6) is 0 Å². The Kier molecular flexibility index (Phi) is 52.9. The van der Waals surface area contributed by atoms with E-state index < -0.39 is 12.1 Å². The third-order valence-corrected chi connectivity index (χ3v) is 12.0. The fourth-order valence-corrected chi connectivity index (χ4v) is 7.88. The molecule has 0 aliphatic carbocycles. The van der Waals surface area contributed by atoms with Gasteiger partial charge < -0.3 is 15.5 Å². The molecule has 0 saturated carbocycles. The summed E-state index contributed by atoms with van der Waals surface area (Å²) in [6, 6.07) is -0.550. The molecule has 0 aromatic carbocycles. The Morgan fingerprint density at radius 2 is 0.677 bits per heavy atom. The predicted octanol–water partition coefficient (Wildman–Crippen LogP) is 18.3. The minimum Gasteiger partial charge on any atom is -0.394 e. The highest BCUT2D eigenvalue weighted by Gasteiger charge is 2.20. The summed E-state index contributed by atoms with van der Waals surface area (Å²) < 4.78 is 0. The van der Waals surface area contributed by atoms with E-state index in [0.717, 1.165) is 96.3 Å². The third-order valence-electron chi connectivity index (χ3n) is 12.0. The standard InChI is InChI=1S/C61H105NO3/c1-3-5-7-9-11-13-15-17-19-21-23-24-25-26-27-28-29-30-31-32-33-34-35-36-37-38-39-41-43-45-47-49-51-53-55-57-61(65)62-59(58-63)60(64)56-54-52-50-48-46-44-42-40-22-20-18-16-14-12-10-8-6-4-2/h5,7,11,13,17,19,23-24,26-27,29-30,32-33,35-36,38-39,59-60,63-64H,3-4,6,8-10,12,14-16,18,20-22,25,28,31,34,37,40-58H2,1-2H3,(H,62,65)/b7-5-,13-11-,19-17-,24-23-,27-26-,30-29-,33-32-,36-35-,39-38-. The number of hydrogen-bond donors (Lipinski definition) is 3. The Balaban J connectivity index is 3.60. The van der Waals surface area contributed by atoms with E-state index in [9.17, 15) is 15.0 Å². The first-order valence-corrected chi connectivity index (χ1v) is 27.6. The molecule has 372 valence electrons. The van der Waals surface area contributed by atoms with Crippen LogP contribution >= 0.6 is 0 Å². The molecule has 4 heteroatoms. The summed E-state index contributed by atoms with van der Waals surface area (Å²) in [5, 5.41) is 23.3. The number of unbranched alkanes of at least 4 members (excludes halogenated alkanes) is 24. The Morgan fingerprint density at radius 3 is 1.02 bits per heavy atom. The maximum absolute atomic E-state index is 12.5. The number of hydrogen-bond acceptors (Lipinski definition) is 3. The molecular formula is C61H105NO3. The zero-order valence-corrected chi connectivity index (χ0v) is 42.7. The first-order chi connectivity index (χ1) is 32.2. The molecule has 0 aromatic heterocycles. The normalized spacial score (nSPS) is 13.7. The number of allylic oxidation sites excluding steroid dienone is 18. The van der Waals surface area contributed by atoms with Gasteiger partial charge in [0.1, 0.15) is 0 Å². The van der Waals surface area contributed by atoms with Crippen molar-refractivity contribution in [1.82, 2.24) is 5.32 Å². The summed E-state index contributed by atoms with van der Waals surface area (Å²) >= 11 is 0. The molecular weight excluding hydrogens is 795 g/mol. The van der Waals surface area contributed by atoms with Gasteiger partial charge in [0.2, 0.25) is 5.91 Å². The number of carbonyl (C=O) groups is 1. The Hall–Kier alpha value is -2.95. The summed E-state index contributed by atoms with van der Waals surface area (Å²) in [7, 11) is 0. The van der Waals surface area contributed by atoms with Crippen LogP contribution in [0.1, 0.15) is 251 Å². The van der Waals surface area contributed by atoms with Crippen LogP contribution in [0.15, 0.2) is 109 Å². The molecule has 4 nitrogen and oxygen atoms in total. The quantitative estimate of drug-likeness (QED) is 0.0421. The lowest BCUT2D eigenvalue weighted by molar-refractivity contribution is -0.123. The van der Waals surface area contributed by atoms with Gasteiger partial charge in [0.15, 0.2) is 0 Å². The Labute approximate surface area is 404 Å². The van der Waals surface area contributed by atoms with Crippen molar-refractivity contribution < 1.29 is 15.0 Å². The molecule has 2 unspecified atom stereocenters. The highest BCUT2D eigenvalue weighted by molar-refractivity contribution is 5.76. The molecule has 3 N–H and O–H groups in total. The molecule has 0 bridgehead atoms. The number of carbonyl (C=O) groups excluding carboxylic acids is 1. The van der Waals surface area contributed by atoms with Crippen molar-refractivity contribution in [3.63, 3.8) is 0 Å². The van der Waals surface area contributed by atoms with Gasteiger partial charge in [-0.2, -0.15) is 0 Å². The van der Waals surface area contributed by atoms with Gasteiger partial charge in [0.05, 0.1) is 18.8 Å². The van der Waals surface area contributed by atoms with E-state index in [1.807, 2.05) is 0 Å². The van der Waals surface area contributed by atoms with Gasteiger partial charge in [0, 0.05) is 6.42 Å². The minimum atomic E-state index is -0.672. The molecule has 0 radical (unpaired) electrons. The zero-order chi connectivity index (χ0) is 47.0. The molecule has 0 aliphatic rings. The van der Waals surface area contributed by atoms with Crippen molar-refractivity contribution in [3.8, 4) is 0 Å². The average Bonchev–Trinajstić information content (AvgIpc) is 3.31. The van der Waals surface area contributed by atoms with Gasteiger partial charge in [-0.25, -0.2) is 0 Å². The second-order valence-electron chi connectivity index (χ2n) is 18.3. The lowest BCUT2D eigenvalue weighted by Crippen LogP contribution is -2.45. The molecule has 2 atom stereocenters. The van der Waals surface area contributed by atoms with Crippen molar-refractivity contribution in [2.45, 2.75) is 264 Å². The second-order valence-corrected chi connectivity index (χ2v) is 18.3. The summed E-state index contributed by atoms with van der Waals surface area (Å²) in [5.74, 6) is -0.0455. The largest absolute Gasteiger partial charge is 0.394 e. The van der Waals surface area contributed by atoms with E-state index >= 15 is 0 Å².